The largest absolute Gasteiger partial charge is 0.459 e. The Bertz CT molecular complexity index is 1170. The first-order valence-corrected chi connectivity index (χ1v) is 12.2. The molecule has 4 heterocycles. The number of anilines is 1. The number of nitrogens with zero attached hydrogens (tertiary/aromatic N) is 5. The van der Waals surface area contributed by atoms with Crippen LogP contribution in [0.25, 0.3) is 0 Å². The van der Waals surface area contributed by atoms with Crippen molar-refractivity contribution in [1.29, 1.82) is 0 Å². The van der Waals surface area contributed by atoms with Gasteiger partial charge in [0.1, 0.15) is 0 Å². The van der Waals surface area contributed by atoms with E-state index in [1.54, 1.807) is 23.1 Å². The second-order valence-corrected chi connectivity index (χ2v) is 9.35. The second kappa shape index (κ2) is 10.5. The van der Waals surface area contributed by atoms with Gasteiger partial charge in [0.2, 0.25) is 5.95 Å². The molecule has 0 unspecified atom stereocenters. The normalized spacial score (nSPS) is 17.6. The Balaban J connectivity index is 1.14. The molecule has 2 aromatic heterocycles. The molecular weight excluding hydrogens is 444 g/mol. The summed E-state index contributed by atoms with van der Waals surface area (Å²) < 4.78 is 5.23. The van der Waals surface area contributed by atoms with E-state index in [0.29, 0.717) is 44.4 Å². The van der Waals surface area contributed by atoms with Gasteiger partial charge in [0.05, 0.1) is 12.0 Å². The lowest BCUT2D eigenvalue weighted by molar-refractivity contribution is 0.0714. The van der Waals surface area contributed by atoms with E-state index in [-0.39, 0.29) is 11.5 Å². The van der Waals surface area contributed by atoms with Gasteiger partial charge in [-0.1, -0.05) is 29.8 Å². The van der Waals surface area contributed by atoms with E-state index in [9.17, 15) is 9.59 Å². The van der Waals surface area contributed by atoms with Crippen molar-refractivity contribution in [2.45, 2.75) is 20.0 Å². The summed E-state index contributed by atoms with van der Waals surface area (Å²) in [5, 5.41) is 0. The summed E-state index contributed by atoms with van der Waals surface area (Å²) >= 11 is 0. The first kappa shape index (κ1) is 23.3. The molecule has 35 heavy (non-hydrogen) atoms. The first-order chi connectivity index (χ1) is 17.0. The van der Waals surface area contributed by atoms with E-state index >= 15 is 0 Å². The predicted molar refractivity (Wildman–Crippen MR) is 133 cm³/mol. The van der Waals surface area contributed by atoms with Crippen LogP contribution in [0.4, 0.5) is 5.95 Å². The molecule has 9 nitrogen and oxygen atoms in total. The van der Waals surface area contributed by atoms with E-state index in [2.05, 4.69) is 46.0 Å². The van der Waals surface area contributed by atoms with Crippen molar-refractivity contribution >= 4 is 11.9 Å². The number of furan rings is 1. The SMILES string of the molecule is Cc1ccc(CN2CCN(Cc3cc(=O)[nH]c(N4CCN(C(=O)c5ccco5)CC4)n3)CC2)cc1. The van der Waals surface area contributed by atoms with Crippen molar-refractivity contribution in [3.8, 4) is 0 Å². The lowest BCUT2D eigenvalue weighted by atomic mass is 10.1. The number of aromatic nitrogens is 2. The van der Waals surface area contributed by atoms with Crippen LogP contribution in [-0.2, 0) is 13.1 Å². The van der Waals surface area contributed by atoms with Crippen LogP contribution >= 0.6 is 0 Å². The third kappa shape index (κ3) is 5.80. The average Bonchev–Trinajstić information content (AvgIpc) is 3.41. The number of carbonyl (C=O) groups is 1. The Morgan fingerprint density at radius 3 is 2.29 bits per heavy atom. The Hall–Kier alpha value is -3.43. The van der Waals surface area contributed by atoms with E-state index in [0.717, 1.165) is 38.4 Å². The quantitative estimate of drug-likeness (QED) is 0.582. The van der Waals surface area contributed by atoms with Gasteiger partial charge in [-0.2, -0.15) is 0 Å². The van der Waals surface area contributed by atoms with Gasteiger partial charge in [-0.15, -0.1) is 0 Å². The summed E-state index contributed by atoms with van der Waals surface area (Å²) in [5.74, 6) is 0.827. The molecule has 0 spiro atoms. The van der Waals surface area contributed by atoms with E-state index < -0.39 is 0 Å². The highest BCUT2D eigenvalue weighted by Gasteiger charge is 2.25. The fraction of sp³-hybridized carbons (Fsp3) is 0.423. The van der Waals surface area contributed by atoms with Crippen LogP contribution in [0, 0.1) is 6.92 Å². The molecule has 0 bridgehead atoms. The molecule has 0 atom stereocenters. The molecule has 9 heteroatoms. The van der Waals surface area contributed by atoms with Crippen molar-refractivity contribution in [3.63, 3.8) is 0 Å². The van der Waals surface area contributed by atoms with Gasteiger partial charge < -0.3 is 14.2 Å². The molecule has 0 saturated carbocycles. The second-order valence-electron chi connectivity index (χ2n) is 9.35. The number of nitrogens with one attached hydrogen (secondary N) is 1. The predicted octanol–water partition coefficient (Wildman–Crippen LogP) is 1.95. The van der Waals surface area contributed by atoms with Crippen molar-refractivity contribution in [3.05, 3.63) is 81.7 Å². The average molecular weight is 477 g/mol. The summed E-state index contributed by atoms with van der Waals surface area (Å²) in [5.41, 5.74) is 3.27. The number of H-pyrrole nitrogens is 1. The smallest absolute Gasteiger partial charge is 0.289 e. The Kier molecular flexibility index (Phi) is 6.96. The molecule has 0 aliphatic carbocycles. The number of carbonyl (C=O) groups excluding carboxylic acids is 1. The minimum Gasteiger partial charge on any atom is -0.459 e. The van der Waals surface area contributed by atoms with E-state index in [1.165, 1.54) is 17.4 Å². The molecule has 2 saturated heterocycles. The van der Waals surface area contributed by atoms with Gasteiger partial charge in [-0.3, -0.25) is 24.4 Å². The van der Waals surface area contributed by atoms with Gasteiger partial charge in [-0.25, -0.2) is 4.98 Å². The standard InChI is InChI=1S/C26H32N6O3/c1-20-4-6-21(7-5-20)18-29-8-10-30(11-9-29)19-22-17-24(33)28-26(27-22)32-14-12-31(13-15-32)25(34)23-3-2-16-35-23/h2-7,16-17H,8-15,18-19H2,1H3,(H,27,28,33). The Labute approximate surface area is 205 Å². The minimum atomic E-state index is -0.142. The third-order valence-electron chi connectivity index (χ3n) is 6.76. The number of piperazine rings is 2. The minimum absolute atomic E-state index is 0.105. The fourth-order valence-electron chi connectivity index (χ4n) is 4.69. The maximum absolute atomic E-state index is 12.5. The Morgan fingerprint density at radius 1 is 0.943 bits per heavy atom. The van der Waals surface area contributed by atoms with Crippen molar-refractivity contribution in [1.82, 2.24) is 24.7 Å². The van der Waals surface area contributed by atoms with Gasteiger partial charge in [0, 0.05) is 71.5 Å². The molecule has 184 valence electrons. The maximum atomic E-state index is 12.5. The van der Waals surface area contributed by atoms with E-state index in [1.807, 2.05) is 4.90 Å². The van der Waals surface area contributed by atoms with Crippen LogP contribution < -0.4 is 10.5 Å². The van der Waals surface area contributed by atoms with E-state index in [4.69, 9.17) is 9.40 Å². The maximum Gasteiger partial charge on any atom is 0.289 e. The zero-order chi connectivity index (χ0) is 24.2. The summed E-state index contributed by atoms with van der Waals surface area (Å²) in [6, 6.07) is 13.7. The van der Waals surface area contributed by atoms with Gasteiger partial charge >= 0.3 is 0 Å². The highest BCUT2D eigenvalue weighted by molar-refractivity contribution is 5.91. The van der Waals surface area contributed by atoms with Crippen LogP contribution in [0.2, 0.25) is 0 Å². The number of benzene rings is 1. The lowest BCUT2D eigenvalue weighted by Crippen LogP contribution is -2.49. The molecule has 3 aromatic rings. The third-order valence-corrected chi connectivity index (χ3v) is 6.76. The number of aryl methyl sites for hydroxylation is 1. The Morgan fingerprint density at radius 2 is 1.63 bits per heavy atom. The zero-order valence-corrected chi connectivity index (χ0v) is 20.2. The van der Waals surface area contributed by atoms with Crippen molar-refractivity contribution in [2.24, 2.45) is 0 Å². The van der Waals surface area contributed by atoms with Crippen molar-refractivity contribution < 1.29 is 9.21 Å². The molecule has 2 fully saturated rings. The molecule has 1 aromatic carbocycles. The zero-order valence-electron chi connectivity index (χ0n) is 20.2. The summed E-state index contributed by atoms with van der Waals surface area (Å²) in [6.07, 6.45) is 1.51. The molecule has 1 N–H and O–H groups in total. The summed E-state index contributed by atoms with van der Waals surface area (Å²) in [7, 11) is 0. The number of rotatable bonds is 6. The molecular formula is C26H32N6O3. The van der Waals surface area contributed by atoms with Gasteiger partial charge in [0.15, 0.2) is 5.76 Å². The number of aromatic amines is 1. The summed E-state index contributed by atoms with van der Waals surface area (Å²) in [6.45, 7) is 9.94. The van der Waals surface area contributed by atoms with Crippen LogP contribution in [0.1, 0.15) is 27.4 Å². The molecule has 2 aliphatic rings. The molecule has 2 aliphatic heterocycles. The monoisotopic (exact) mass is 476 g/mol. The molecule has 1 amide bonds. The molecule has 0 radical (unpaired) electrons. The number of hydrogen-bond acceptors (Lipinski definition) is 7. The highest BCUT2D eigenvalue weighted by Crippen LogP contribution is 2.15. The van der Waals surface area contributed by atoms with Crippen LogP contribution in [0.5, 0.6) is 0 Å². The number of amides is 1. The van der Waals surface area contributed by atoms with Gasteiger partial charge in [0.25, 0.3) is 11.5 Å². The lowest BCUT2D eigenvalue weighted by Gasteiger charge is -2.35. The first-order valence-electron chi connectivity index (χ1n) is 12.2. The van der Waals surface area contributed by atoms with Crippen LogP contribution in [0.15, 0.2) is 57.9 Å². The van der Waals surface area contributed by atoms with Crippen LogP contribution in [0.3, 0.4) is 0 Å². The van der Waals surface area contributed by atoms with Gasteiger partial charge in [-0.05, 0) is 24.6 Å². The van der Waals surface area contributed by atoms with Crippen LogP contribution in [-0.4, -0.2) is 82.9 Å². The fourth-order valence-corrected chi connectivity index (χ4v) is 4.69. The summed E-state index contributed by atoms with van der Waals surface area (Å²) in [4.78, 5) is 41.2. The topological polar surface area (TPSA) is 88.9 Å². The highest BCUT2D eigenvalue weighted by atomic mass is 16.3. The van der Waals surface area contributed by atoms with Crippen molar-refractivity contribution in [2.75, 3.05) is 57.3 Å². The number of hydrogen-bond donors (Lipinski definition) is 1. The molecule has 5 rings (SSSR count).